The van der Waals surface area contributed by atoms with E-state index in [0.717, 1.165) is 0 Å². The Balaban J connectivity index is 1.47. The van der Waals surface area contributed by atoms with Crippen LogP contribution in [-0.4, -0.2) is 49.4 Å². The number of nitrogens with zero attached hydrogens (tertiary/aromatic N) is 2. The topological polar surface area (TPSA) is 79.0 Å². The molecule has 2 aliphatic heterocycles. The molecule has 0 saturated carbocycles. The third-order valence-corrected chi connectivity index (χ3v) is 5.14. The van der Waals surface area contributed by atoms with Crippen LogP contribution < -0.4 is 15.0 Å². The lowest BCUT2D eigenvalue weighted by molar-refractivity contribution is -0.122. The van der Waals surface area contributed by atoms with Crippen LogP contribution in [0.15, 0.2) is 42.5 Å². The summed E-state index contributed by atoms with van der Waals surface area (Å²) in [4.78, 5) is 40.5. The Bertz CT molecular complexity index is 976. The molecule has 2 aromatic rings. The van der Waals surface area contributed by atoms with Crippen molar-refractivity contribution < 1.29 is 23.5 Å². The number of likely N-dealkylation sites (N-methyl/N-ethyl adjacent to an activating group) is 1. The molecule has 2 heterocycles. The first-order chi connectivity index (χ1) is 13.9. The van der Waals surface area contributed by atoms with Crippen LogP contribution in [0, 0.1) is 11.7 Å². The van der Waals surface area contributed by atoms with Crippen molar-refractivity contribution in [3.8, 4) is 5.75 Å². The van der Waals surface area contributed by atoms with E-state index in [1.807, 2.05) is 0 Å². The highest BCUT2D eigenvalue weighted by Crippen LogP contribution is 2.29. The number of carbonyl (C=O) groups excluding carboxylic acids is 3. The number of ether oxygens (including phenoxy) is 1. The lowest BCUT2D eigenvalue weighted by atomic mass is 10.1. The summed E-state index contributed by atoms with van der Waals surface area (Å²) < 4.78 is 18.7. The Labute approximate surface area is 167 Å². The van der Waals surface area contributed by atoms with Crippen molar-refractivity contribution in [1.29, 1.82) is 0 Å². The lowest BCUT2D eigenvalue weighted by Crippen LogP contribution is -2.28. The largest absolute Gasteiger partial charge is 0.491 e. The molecule has 0 aliphatic carbocycles. The third kappa shape index (κ3) is 3.78. The Morgan fingerprint density at radius 1 is 1.17 bits per heavy atom. The van der Waals surface area contributed by atoms with Gasteiger partial charge in [-0.05, 0) is 42.5 Å². The maximum absolute atomic E-state index is 13.1. The number of fused-ring (bicyclic) bond motifs is 1. The molecule has 2 aliphatic rings. The van der Waals surface area contributed by atoms with Crippen molar-refractivity contribution in [2.24, 2.45) is 5.92 Å². The highest BCUT2D eigenvalue weighted by Gasteiger charge is 2.35. The van der Waals surface area contributed by atoms with Crippen molar-refractivity contribution in [1.82, 2.24) is 4.90 Å². The standard InChI is InChI=1S/C21H20FN3O4/c1-24-8-9-29-18-7-4-15(11-17(18)21(24)28)23-20(27)13-10-19(26)25(12-13)16-5-2-14(22)3-6-16/h2-7,11,13H,8-10,12H2,1H3,(H,23,27)/t13-/m0/s1. The fraction of sp³-hybridized carbons (Fsp3) is 0.286. The minimum Gasteiger partial charge on any atom is -0.491 e. The molecule has 0 unspecified atom stereocenters. The normalized spacial score (nSPS) is 18.9. The number of halogens is 1. The highest BCUT2D eigenvalue weighted by atomic mass is 19.1. The van der Waals surface area contributed by atoms with Gasteiger partial charge in [-0.1, -0.05) is 0 Å². The SMILES string of the molecule is CN1CCOc2ccc(NC(=O)[C@H]3CC(=O)N(c4ccc(F)cc4)C3)cc2C1=O. The first kappa shape index (κ1) is 18.9. The first-order valence-corrected chi connectivity index (χ1v) is 9.31. The van der Waals surface area contributed by atoms with Crippen LogP contribution in [0.5, 0.6) is 5.75 Å². The summed E-state index contributed by atoms with van der Waals surface area (Å²) in [5.74, 6) is -1.12. The number of anilines is 2. The Morgan fingerprint density at radius 2 is 1.93 bits per heavy atom. The van der Waals surface area contributed by atoms with Gasteiger partial charge in [-0.25, -0.2) is 4.39 Å². The fourth-order valence-corrected chi connectivity index (χ4v) is 3.50. The van der Waals surface area contributed by atoms with Gasteiger partial charge in [0, 0.05) is 31.4 Å². The van der Waals surface area contributed by atoms with E-state index >= 15 is 0 Å². The molecule has 29 heavy (non-hydrogen) atoms. The van der Waals surface area contributed by atoms with Crippen LogP contribution in [0.2, 0.25) is 0 Å². The van der Waals surface area contributed by atoms with Crippen LogP contribution in [0.1, 0.15) is 16.8 Å². The zero-order chi connectivity index (χ0) is 20.5. The van der Waals surface area contributed by atoms with E-state index in [2.05, 4.69) is 5.32 Å². The smallest absolute Gasteiger partial charge is 0.257 e. The molecule has 1 saturated heterocycles. The first-order valence-electron chi connectivity index (χ1n) is 9.31. The van der Waals surface area contributed by atoms with E-state index < -0.39 is 5.92 Å². The fourth-order valence-electron chi connectivity index (χ4n) is 3.50. The second-order valence-corrected chi connectivity index (χ2v) is 7.16. The summed E-state index contributed by atoms with van der Waals surface area (Å²) in [6.07, 6.45) is 0.0684. The zero-order valence-corrected chi connectivity index (χ0v) is 15.9. The minimum absolute atomic E-state index is 0.0684. The number of carbonyl (C=O) groups is 3. The van der Waals surface area contributed by atoms with Gasteiger partial charge in [-0.2, -0.15) is 0 Å². The second-order valence-electron chi connectivity index (χ2n) is 7.16. The van der Waals surface area contributed by atoms with Gasteiger partial charge in [0.2, 0.25) is 11.8 Å². The molecule has 2 aromatic carbocycles. The molecule has 1 N–H and O–H groups in total. The summed E-state index contributed by atoms with van der Waals surface area (Å²) in [5, 5.41) is 2.79. The predicted octanol–water partition coefficient (Wildman–Crippen LogP) is 2.28. The average molecular weight is 397 g/mol. The van der Waals surface area contributed by atoms with Gasteiger partial charge >= 0.3 is 0 Å². The molecule has 0 radical (unpaired) electrons. The van der Waals surface area contributed by atoms with Crippen LogP contribution in [0.4, 0.5) is 15.8 Å². The molecule has 0 bridgehead atoms. The van der Waals surface area contributed by atoms with Crippen molar-refractivity contribution in [3.63, 3.8) is 0 Å². The molecular formula is C21H20FN3O4. The molecular weight excluding hydrogens is 377 g/mol. The summed E-state index contributed by atoms with van der Waals surface area (Å²) in [5.41, 5.74) is 1.41. The molecule has 0 aromatic heterocycles. The van der Waals surface area contributed by atoms with E-state index in [9.17, 15) is 18.8 Å². The Morgan fingerprint density at radius 3 is 2.69 bits per heavy atom. The van der Waals surface area contributed by atoms with Crippen LogP contribution in [0.25, 0.3) is 0 Å². The van der Waals surface area contributed by atoms with Crippen LogP contribution in [-0.2, 0) is 9.59 Å². The second kappa shape index (κ2) is 7.54. The van der Waals surface area contributed by atoms with E-state index in [1.54, 1.807) is 30.1 Å². The molecule has 7 nitrogen and oxygen atoms in total. The van der Waals surface area contributed by atoms with E-state index in [0.29, 0.717) is 35.8 Å². The molecule has 8 heteroatoms. The summed E-state index contributed by atoms with van der Waals surface area (Å²) in [6, 6.07) is 10.5. The molecule has 3 amide bonds. The average Bonchev–Trinajstić information content (AvgIpc) is 3.04. The summed E-state index contributed by atoms with van der Waals surface area (Å²) >= 11 is 0. The Hall–Kier alpha value is -3.42. The van der Waals surface area contributed by atoms with Gasteiger partial charge in [-0.3, -0.25) is 14.4 Å². The number of benzene rings is 2. The van der Waals surface area contributed by atoms with Crippen molar-refractivity contribution in [3.05, 3.63) is 53.8 Å². The summed E-state index contributed by atoms with van der Waals surface area (Å²) in [7, 11) is 1.69. The van der Waals surface area contributed by atoms with E-state index in [-0.39, 0.29) is 36.5 Å². The number of hydrogen-bond acceptors (Lipinski definition) is 4. The predicted molar refractivity (Wildman–Crippen MR) is 104 cm³/mol. The summed E-state index contributed by atoms with van der Waals surface area (Å²) in [6.45, 7) is 1.11. The van der Waals surface area contributed by atoms with Gasteiger partial charge in [0.1, 0.15) is 18.2 Å². The highest BCUT2D eigenvalue weighted by molar-refractivity contribution is 6.04. The number of rotatable bonds is 3. The third-order valence-electron chi connectivity index (χ3n) is 5.14. The number of hydrogen-bond donors (Lipinski definition) is 1. The maximum atomic E-state index is 13.1. The van der Waals surface area contributed by atoms with Gasteiger partial charge in [0.15, 0.2) is 0 Å². The molecule has 1 atom stereocenters. The van der Waals surface area contributed by atoms with Crippen molar-refractivity contribution in [2.45, 2.75) is 6.42 Å². The van der Waals surface area contributed by atoms with Gasteiger partial charge in [0.05, 0.1) is 18.0 Å². The molecule has 4 rings (SSSR count). The van der Waals surface area contributed by atoms with Gasteiger partial charge in [-0.15, -0.1) is 0 Å². The molecule has 0 spiro atoms. The van der Waals surface area contributed by atoms with Gasteiger partial charge < -0.3 is 19.9 Å². The zero-order valence-electron chi connectivity index (χ0n) is 15.9. The molecule has 1 fully saturated rings. The quantitative estimate of drug-likeness (QED) is 0.862. The Kier molecular flexibility index (Phi) is 4.92. The van der Waals surface area contributed by atoms with Crippen molar-refractivity contribution >= 4 is 29.1 Å². The minimum atomic E-state index is -0.541. The lowest BCUT2D eigenvalue weighted by Gasteiger charge is -2.17. The van der Waals surface area contributed by atoms with Crippen LogP contribution in [0.3, 0.4) is 0 Å². The van der Waals surface area contributed by atoms with E-state index in [4.69, 9.17) is 4.74 Å². The molecule has 150 valence electrons. The number of amides is 3. The van der Waals surface area contributed by atoms with Crippen molar-refractivity contribution in [2.75, 3.05) is 37.0 Å². The maximum Gasteiger partial charge on any atom is 0.257 e. The number of nitrogens with one attached hydrogen (secondary N) is 1. The van der Waals surface area contributed by atoms with Gasteiger partial charge in [0.25, 0.3) is 5.91 Å². The van der Waals surface area contributed by atoms with Crippen LogP contribution >= 0.6 is 0 Å². The monoisotopic (exact) mass is 397 g/mol. The van der Waals surface area contributed by atoms with E-state index in [1.165, 1.54) is 29.2 Å².